The second kappa shape index (κ2) is 7.00. The van der Waals surface area contributed by atoms with Crippen molar-refractivity contribution in [2.75, 3.05) is 13.1 Å². The predicted octanol–water partition coefficient (Wildman–Crippen LogP) is 3.10. The highest BCUT2D eigenvalue weighted by atomic mass is 16.1. The van der Waals surface area contributed by atoms with Gasteiger partial charge in [0.15, 0.2) is 0 Å². The number of rotatable bonds is 5. The standard InChI is InChI=1S/C20H28N4O/c1-14(2)17-11-18(23-22-17)19(25)21-13-20(3,4)24-10-9-15-7-5-6-8-16(15)12-24/h5-8,11,14H,9-10,12-13H2,1-4H3,(H,21,25)(H,22,23). The molecule has 5 nitrogen and oxygen atoms in total. The van der Waals surface area contributed by atoms with Gasteiger partial charge in [0, 0.05) is 30.9 Å². The normalized spacial score (nSPS) is 15.2. The number of hydrogen-bond donors (Lipinski definition) is 2. The van der Waals surface area contributed by atoms with Gasteiger partial charge in [0.05, 0.1) is 0 Å². The number of H-pyrrole nitrogens is 1. The molecule has 1 aliphatic rings. The molecule has 0 saturated carbocycles. The summed E-state index contributed by atoms with van der Waals surface area (Å²) < 4.78 is 0. The van der Waals surface area contributed by atoms with Gasteiger partial charge < -0.3 is 5.32 Å². The van der Waals surface area contributed by atoms with Crippen molar-refractivity contribution in [1.29, 1.82) is 0 Å². The number of aromatic amines is 1. The molecule has 0 aliphatic carbocycles. The van der Waals surface area contributed by atoms with Gasteiger partial charge in [-0.05, 0) is 43.4 Å². The number of aromatic nitrogens is 2. The topological polar surface area (TPSA) is 61.0 Å². The molecule has 0 radical (unpaired) electrons. The zero-order chi connectivity index (χ0) is 18.0. The molecule has 5 heteroatoms. The molecular formula is C20H28N4O. The summed E-state index contributed by atoms with van der Waals surface area (Å²) in [6.45, 7) is 11.1. The van der Waals surface area contributed by atoms with Crippen LogP contribution in [-0.2, 0) is 13.0 Å². The van der Waals surface area contributed by atoms with Gasteiger partial charge >= 0.3 is 0 Å². The Morgan fingerprint density at radius 3 is 2.72 bits per heavy atom. The van der Waals surface area contributed by atoms with Crippen molar-refractivity contribution in [2.24, 2.45) is 0 Å². The third kappa shape index (κ3) is 3.93. The summed E-state index contributed by atoms with van der Waals surface area (Å²) in [6.07, 6.45) is 1.06. The number of carbonyl (C=O) groups is 1. The maximum absolute atomic E-state index is 12.4. The van der Waals surface area contributed by atoms with E-state index < -0.39 is 0 Å². The fourth-order valence-corrected chi connectivity index (χ4v) is 3.26. The van der Waals surface area contributed by atoms with E-state index in [-0.39, 0.29) is 11.4 Å². The first-order valence-corrected chi connectivity index (χ1v) is 9.02. The van der Waals surface area contributed by atoms with E-state index in [0.717, 1.165) is 25.2 Å². The van der Waals surface area contributed by atoms with Gasteiger partial charge in [-0.3, -0.25) is 14.8 Å². The fraction of sp³-hybridized carbons (Fsp3) is 0.500. The van der Waals surface area contributed by atoms with Crippen LogP contribution in [0.15, 0.2) is 30.3 Å². The van der Waals surface area contributed by atoms with E-state index in [9.17, 15) is 4.79 Å². The Balaban J connectivity index is 1.61. The second-order valence-electron chi connectivity index (χ2n) is 7.80. The molecule has 1 amide bonds. The molecule has 2 N–H and O–H groups in total. The Bertz CT molecular complexity index is 748. The van der Waals surface area contributed by atoms with Gasteiger partial charge in [-0.25, -0.2) is 0 Å². The smallest absolute Gasteiger partial charge is 0.271 e. The van der Waals surface area contributed by atoms with E-state index >= 15 is 0 Å². The van der Waals surface area contributed by atoms with Crippen LogP contribution in [0.2, 0.25) is 0 Å². The SMILES string of the molecule is CC(C)c1cc(C(=O)NCC(C)(C)N2CCc3ccccc3C2)n[nH]1. The third-order valence-corrected chi connectivity index (χ3v) is 5.12. The molecule has 1 aromatic heterocycles. The number of hydrogen-bond acceptors (Lipinski definition) is 3. The minimum Gasteiger partial charge on any atom is -0.349 e. The molecule has 0 spiro atoms. The number of amides is 1. The van der Waals surface area contributed by atoms with Gasteiger partial charge in [0.1, 0.15) is 5.69 Å². The predicted molar refractivity (Wildman–Crippen MR) is 99.6 cm³/mol. The lowest BCUT2D eigenvalue weighted by molar-refractivity contribution is 0.0822. The monoisotopic (exact) mass is 340 g/mol. The number of nitrogens with one attached hydrogen (secondary N) is 2. The number of fused-ring (bicyclic) bond motifs is 1. The van der Waals surface area contributed by atoms with Crippen LogP contribution < -0.4 is 5.32 Å². The molecule has 0 bridgehead atoms. The zero-order valence-electron chi connectivity index (χ0n) is 15.6. The summed E-state index contributed by atoms with van der Waals surface area (Å²) in [5, 5.41) is 10.1. The second-order valence-corrected chi connectivity index (χ2v) is 7.80. The molecule has 1 aliphatic heterocycles. The molecule has 3 rings (SSSR count). The van der Waals surface area contributed by atoms with Crippen LogP contribution in [0.1, 0.15) is 60.9 Å². The van der Waals surface area contributed by atoms with E-state index in [2.05, 4.69) is 72.4 Å². The van der Waals surface area contributed by atoms with Crippen molar-refractivity contribution in [2.45, 2.75) is 52.1 Å². The summed E-state index contributed by atoms with van der Waals surface area (Å²) in [4.78, 5) is 14.8. The molecule has 134 valence electrons. The quantitative estimate of drug-likeness (QED) is 0.879. The van der Waals surface area contributed by atoms with E-state index in [1.165, 1.54) is 11.1 Å². The highest BCUT2D eigenvalue weighted by Crippen LogP contribution is 2.25. The van der Waals surface area contributed by atoms with Crippen LogP contribution in [0.25, 0.3) is 0 Å². The number of nitrogens with zero attached hydrogens (tertiary/aromatic N) is 2. The Morgan fingerprint density at radius 2 is 2.04 bits per heavy atom. The van der Waals surface area contributed by atoms with Crippen molar-refractivity contribution in [3.05, 3.63) is 52.8 Å². The Labute approximate surface area is 149 Å². The number of carbonyl (C=O) groups excluding carboxylic acids is 1. The lowest BCUT2D eigenvalue weighted by atomic mass is 9.94. The van der Waals surface area contributed by atoms with Gasteiger partial charge in [-0.15, -0.1) is 0 Å². The van der Waals surface area contributed by atoms with E-state index in [0.29, 0.717) is 18.2 Å². The van der Waals surface area contributed by atoms with E-state index in [1.54, 1.807) is 0 Å². The molecule has 2 heterocycles. The van der Waals surface area contributed by atoms with Crippen LogP contribution in [0.4, 0.5) is 0 Å². The summed E-state index contributed by atoms with van der Waals surface area (Å²) in [7, 11) is 0. The van der Waals surface area contributed by atoms with E-state index in [1.807, 2.05) is 6.07 Å². The van der Waals surface area contributed by atoms with Crippen molar-refractivity contribution in [3.8, 4) is 0 Å². The van der Waals surface area contributed by atoms with Crippen molar-refractivity contribution in [3.63, 3.8) is 0 Å². The molecule has 0 fully saturated rings. The van der Waals surface area contributed by atoms with Gasteiger partial charge in [0.25, 0.3) is 5.91 Å². The minimum atomic E-state index is -0.117. The largest absolute Gasteiger partial charge is 0.349 e. The maximum atomic E-state index is 12.4. The summed E-state index contributed by atoms with van der Waals surface area (Å²) in [5.74, 6) is 0.215. The summed E-state index contributed by atoms with van der Waals surface area (Å²) in [5.41, 5.74) is 4.17. The average molecular weight is 340 g/mol. The fourth-order valence-electron chi connectivity index (χ4n) is 3.26. The van der Waals surface area contributed by atoms with Gasteiger partial charge in [0.2, 0.25) is 0 Å². The Morgan fingerprint density at radius 1 is 1.32 bits per heavy atom. The molecular weight excluding hydrogens is 312 g/mol. The third-order valence-electron chi connectivity index (χ3n) is 5.12. The lowest BCUT2D eigenvalue weighted by Gasteiger charge is -2.41. The highest BCUT2D eigenvalue weighted by molar-refractivity contribution is 5.92. The van der Waals surface area contributed by atoms with Crippen LogP contribution in [0.3, 0.4) is 0 Å². The first-order valence-electron chi connectivity index (χ1n) is 9.02. The summed E-state index contributed by atoms with van der Waals surface area (Å²) >= 11 is 0. The molecule has 0 saturated heterocycles. The number of benzene rings is 1. The van der Waals surface area contributed by atoms with Crippen LogP contribution in [0, 0.1) is 0 Å². The zero-order valence-corrected chi connectivity index (χ0v) is 15.6. The lowest BCUT2D eigenvalue weighted by Crippen LogP contribution is -2.53. The average Bonchev–Trinajstić information content (AvgIpc) is 3.10. The minimum absolute atomic E-state index is 0.111. The molecule has 0 atom stereocenters. The Kier molecular flexibility index (Phi) is 4.95. The van der Waals surface area contributed by atoms with Crippen molar-refractivity contribution in [1.82, 2.24) is 20.4 Å². The van der Waals surface area contributed by atoms with Crippen molar-refractivity contribution < 1.29 is 4.79 Å². The van der Waals surface area contributed by atoms with Crippen molar-refractivity contribution >= 4 is 5.91 Å². The summed E-state index contributed by atoms with van der Waals surface area (Å²) in [6, 6.07) is 10.5. The van der Waals surface area contributed by atoms with Crippen LogP contribution in [-0.4, -0.2) is 39.6 Å². The maximum Gasteiger partial charge on any atom is 0.271 e. The molecule has 25 heavy (non-hydrogen) atoms. The van der Waals surface area contributed by atoms with Gasteiger partial charge in [-0.1, -0.05) is 38.1 Å². The first-order chi connectivity index (χ1) is 11.9. The molecule has 0 unspecified atom stereocenters. The van der Waals surface area contributed by atoms with Crippen LogP contribution >= 0.6 is 0 Å². The molecule has 2 aromatic rings. The van der Waals surface area contributed by atoms with Gasteiger partial charge in [-0.2, -0.15) is 5.10 Å². The molecule has 1 aromatic carbocycles. The van der Waals surface area contributed by atoms with E-state index in [4.69, 9.17) is 0 Å². The Hall–Kier alpha value is -2.14. The van der Waals surface area contributed by atoms with Crippen LogP contribution in [0.5, 0.6) is 0 Å². The first kappa shape index (κ1) is 17.7. The highest BCUT2D eigenvalue weighted by Gasteiger charge is 2.30.